The summed E-state index contributed by atoms with van der Waals surface area (Å²) >= 11 is 0. The highest BCUT2D eigenvalue weighted by Crippen LogP contribution is 2.44. The van der Waals surface area contributed by atoms with Gasteiger partial charge < -0.3 is 13.9 Å². The monoisotopic (exact) mass is 351 g/mol. The molecule has 2 aliphatic rings. The van der Waals surface area contributed by atoms with Crippen LogP contribution in [-0.4, -0.2) is 43.6 Å². The van der Waals surface area contributed by atoms with Gasteiger partial charge in [0.1, 0.15) is 5.76 Å². The molecule has 4 heterocycles. The third-order valence-electron chi connectivity index (χ3n) is 5.76. The van der Waals surface area contributed by atoms with Crippen LogP contribution in [0.3, 0.4) is 0 Å². The summed E-state index contributed by atoms with van der Waals surface area (Å²) in [4.78, 5) is 19.0. The lowest BCUT2D eigenvalue weighted by molar-refractivity contribution is 0.0599. The maximum absolute atomic E-state index is 13.0. The topological polar surface area (TPSA) is 79.9 Å². The smallest absolute Gasteiger partial charge is 0.289 e. The minimum atomic E-state index is -0.0195. The number of H-pyrrole nitrogens is 1. The van der Waals surface area contributed by atoms with E-state index in [2.05, 4.69) is 15.2 Å². The van der Waals surface area contributed by atoms with Gasteiger partial charge in [-0.05, 0) is 43.4 Å². The number of carbonyl (C=O) groups is 1. The summed E-state index contributed by atoms with van der Waals surface area (Å²) in [7, 11) is 0. The van der Waals surface area contributed by atoms with E-state index in [-0.39, 0.29) is 11.3 Å². The number of hydrogen-bond donors (Lipinski definition) is 1. The number of amides is 1. The van der Waals surface area contributed by atoms with Gasteiger partial charge in [-0.25, -0.2) is 4.98 Å². The Morgan fingerprint density at radius 1 is 1.35 bits per heavy atom. The van der Waals surface area contributed by atoms with Gasteiger partial charge in [0.25, 0.3) is 5.91 Å². The number of imidazole rings is 1. The number of likely N-dealkylation sites (tertiary alicyclic amines) is 1. The molecule has 1 unspecified atom stereocenters. The van der Waals surface area contributed by atoms with Crippen molar-refractivity contribution in [1.29, 1.82) is 0 Å². The molecule has 1 atom stereocenters. The molecule has 7 heteroatoms. The van der Waals surface area contributed by atoms with E-state index in [0.717, 1.165) is 44.5 Å². The van der Waals surface area contributed by atoms with Gasteiger partial charge in [-0.3, -0.25) is 9.89 Å². The molecule has 26 heavy (non-hydrogen) atoms. The molecular weight excluding hydrogens is 330 g/mol. The summed E-state index contributed by atoms with van der Waals surface area (Å²) in [6, 6.07) is 3.65. The summed E-state index contributed by atoms with van der Waals surface area (Å²) in [5.74, 6) is 1.16. The van der Waals surface area contributed by atoms with Gasteiger partial charge in [0.2, 0.25) is 0 Å². The number of fused-ring (bicyclic) bond motifs is 2. The van der Waals surface area contributed by atoms with Crippen molar-refractivity contribution in [2.45, 2.75) is 37.6 Å². The SMILES string of the molecule is O=C(c1ccc(Cn2ccnc2)o1)N1CCCC2(CCc3cn[nH]c32)C1. The Labute approximate surface area is 151 Å². The average molecular weight is 351 g/mol. The highest BCUT2D eigenvalue weighted by molar-refractivity contribution is 5.91. The van der Waals surface area contributed by atoms with E-state index >= 15 is 0 Å². The van der Waals surface area contributed by atoms with Crippen LogP contribution in [0.4, 0.5) is 0 Å². The van der Waals surface area contributed by atoms with Gasteiger partial charge in [0, 0.05) is 36.6 Å². The molecular formula is C19H21N5O2. The molecule has 1 spiro atoms. The Hall–Kier alpha value is -2.83. The minimum absolute atomic E-state index is 0.0195. The van der Waals surface area contributed by atoms with Crippen LogP contribution in [0, 0.1) is 0 Å². The molecule has 1 amide bonds. The average Bonchev–Trinajstić information content (AvgIpc) is 3.43. The third-order valence-corrected chi connectivity index (χ3v) is 5.76. The maximum atomic E-state index is 13.0. The van der Waals surface area contributed by atoms with E-state index in [1.165, 1.54) is 11.3 Å². The number of piperidine rings is 1. The zero-order valence-corrected chi connectivity index (χ0v) is 14.5. The van der Waals surface area contributed by atoms with Crippen LogP contribution in [0.15, 0.2) is 41.5 Å². The second-order valence-electron chi connectivity index (χ2n) is 7.38. The molecule has 134 valence electrons. The Balaban J connectivity index is 1.34. The van der Waals surface area contributed by atoms with E-state index in [0.29, 0.717) is 12.3 Å². The van der Waals surface area contributed by atoms with Crippen molar-refractivity contribution in [1.82, 2.24) is 24.6 Å². The molecule has 3 aromatic heterocycles. The van der Waals surface area contributed by atoms with Crippen molar-refractivity contribution in [2.75, 3.05) is 13.1 Å². The van der Waals surface area contributed by atoms with Crippen LogP contribution in [0.1, 0.15) is 46.8 Å². The highest BCUT2D eigenvalue weighted by Gasteiger charge is 2.44. The molecule has 7 nitrogen and oxygen atoms in total. The van der Waals surface area contributed by atoms with Crippen molar-refractivity contribution in [3.8, 4) is 0 Å². The first-order valence-corrected chi connectivity index (χ1v) is 9.10. The zero-order chi connectivity index (χ0) is 17.6. The largest absolute Gasteiger partial charge is 0.454 e. The van der Waals surface area contributed by atoms with Gasteiger partial charge in [0.15, 0.2) is 5.76 Å². The third kappa shape index (κ3) is 2.46. The fraction of sp³-hybridized carbons (Fsp3) is 0.421. The Kier molecular flexibility index (Phi) is 3.48. The van der Waals surface area contributed by atoms with Gasteiger partial charge in [-0.2, -0.15) is 5.10 Å². The van der Waals surface area contributed by atoms with Crippen molar-refractivity contribution in [2.24, 2.45) is 0 Å². The highest BCUT2D eigenvalue weighted by atomic mass is 16.4. The van der Waals surface area contributed by atoms with Gasteiger partial charge in [-0.15, -0.1) is 0 Å². The van der Waals surface area contributed by atoms with Crippen LogP contribution in [-0.2, 0) is 18.4 Å². The maximum Gasteiger partial charge on any atom is 0.289 e. The Bertz CT molecular complexity index is 926. The normalized spacial score (nSPS) is 22.1. The molecule has 0 radical (unpaired) electrons. The molecule has 5 rings (SSSR count). The molecule has 1 N–H and O–H groups in total. The summed E-state index contributed by atoms with van der Waals surface area (Å²) in [6.07, 6.45) is 11.5. The number of hydrogen-bond acceptors (Lipinski definition) is 4. The number of aromatic nitrogens is 4. The molecule has 1 fully saturated rings. The van der Waals surface area contributed by atoms with E-state index in [9.17, 15) is 4.79 Å². The number of furan rings is 1. The van der Waals surface area contributed by atoms with Crippen LogP contribution < -0.4 is 0 Å². The molecule has 1 saturated heterocycles. The van der Waals surface area contributed by atoms with Crippen LogP contribution in [0.25, 0.3) is 0 Å². The number of nitrogens with zero attached hydrogens (tertiary/aromatic N) is 4. The number of rotatable bonds is 3. The lowest BCUT2D eigenvalue weighted by atomic mass is 9.77. The lowest BCUT2D eigenvalue weighted by Gasteiger charge is -2.40. The van der Waals surface area contributed by atoms with Crippen LogP contribution >= 0.6 is 0 Å². The first kappa shape index (κ1) is 15.4. The molecule has 0 bridgehead atoms. The fourth-order valence-electron chi connectivity index (χ4n) is 4.47. The Morgan fingerprint density at radius 2 is 2.31 bits per heavy atom. The quantitative estimate of drug-likeness (QED) is 0.786. The van der Waals surface area contributed by atoms with Crippen molar-refractivity contribution in [3.05, 3.63) is 59.8 Å². The predicted molar refractivity (Wildman–Crippen MR) is 93.8 cm³/mol. The number of carbonyl (C=O) groups excluding carboxylic acids is 1. The lowest BCUT2D eigenvalue weighted by Crippen LogP contribution is -2.47. The summed E-state index contributed by atoms with van der Waals surface area (Å²) in [5, 5.41) is 7.39. The first-order chi connectivity index (χ1) is 12.7. The second kappa shape index (κ2) is 5.86. The molecule has 0 saturated carbocycles. The van der Waals surface area contributed by atoms with E-state index in [1.807, 2.05) is 27.9 Å². The molecule has 1 aliphatic heterocycles. The number of nitrogens with one attached hydrogen (secondary N) is 1. The van der Waals surface area contributed by atoms with Gasteiger partial charge in [0.05, 0.1) is 19.1 Å². The van der Waals surface area contributed by atoms with Crippen molar-refractivity contribution >= 4 is 5.91 Å². The van der Waals surface area contributed by atoms with E-state index in [4.69, 9.17) is 4.42 Å². The zero-order valence-electron chi connectivity index (χ0n) is 14.5. The van der Waals surface area contributed by atoms with Gasteiger partial charge in [-0.1, -0.05) is 0 Å². The summed E-state index contributed by atoms with van der Waals surface area (Å²) in [5.41, 5.74) is 2.57. The number of aromatic amines is 1. The summed E-state index contributed by atoms with van der Waals surface area (Å²) in [6.45, 7) is 2.09. The first-order valence-electron chi connectivity index (χ1n) is 9.10. The standard InChI is InChI=1S/C19H21N5O2/c25-18(16-3-2-15(26-16)11-23-9-7-20-13-23)24-8-1-5-19(12-24)6-4-14-10-21-22-17(14)19/h2-3,7,9-10,13H,1,4-6,8,11-12H2,(H,21,22). The van der Waals surface area contributed by atoms with Crippen LogP contribution in [0.5, 0.6) is 0 Å². The Morgan fingerprint density at radius 3 is 3.19 bits per heavy atom. The van der Waals surface area contributed by atoms with Gasteiger partial charge >= 0.3 is 0 Å². The second-order valence-corrected chi connectivity index (χ2v) is 7.38. The molecule has 0 aromatic carbocycles. The van der Waals surface area contributed by atoms with Crippen LogP contribution in [0.2, 0.25) is 0 Å². The minimum Gasteiger partial charge on any atom is -0.454 e. The van der Waals surface area contributed by atoms with Crippen molar-refractivity contribution in [3.63, 3.8) is 0 Å². The molecule has 3 aromatic rings. The summed E-state index contributed by atoms with van der Waals surface area (Å²) < 4.78 is 7.74. The number of aryl methyl sites for hydroxylation is 1. The fourth-order valence-corrected chi connectivity index (χ4v) is 4.47. The van der Waals surface area contributed by atoms with Crippen molar-refractivity contribution < 1.29 is 9.21 Å². The molecule has 1 aliphatic carbocycles. The van der Waals surface area contributed by atoms with E-state index < -0.39 is 0 Å². The predicted octanol–water partition coefficient (Wildman–Crippen LogP) is 2.37. The van der Waals surface area contributed by atoms with E-state index in [1.54, 1.807) is 18.6 Å².